The van der Waals surface area contributed by atoms with Crippen LogP contribution >= 0.6 is 0 Å². The molecule has 0 fully saturated rings. The largest absolute Gasteiger partial charge is 0.313 e. The normalized spacial score (nSPS) is 13.5. The molecule has 1 unspecified atom stereocenters. The molecule has 0 saturated heterocycles. The van der Waals surface area contributed by atoms with E-state index in [-0.39, 0.29) is 17.3 Å². The van der Waals surface area contributed by atoms with Gasteiger partial charge in [0.25, 0.3) is 0 Å². The number of halogens is 1. The maximum Gasteiger partial charge on any atom is 0.131 e. The predicted octanol–water partition coefficient (Wildman–Crippen LogP) is 3.80. The lowest BCUT2D eigenvalue weighted by molar-refractivity contribution is 0.553. The molecule has 21 heavy (non-hydrogen) atoms. The Kier molecular flexibility index (Phi) is 4.19. The average molecular weight is 289 g/mol. The van der Waals surface area contributed by atoms with Crippen LogP contribution in [0.2, 0.25) is 0 Å². The fourth-order valence-corrected chi connectivity index (χ4v) is 2.42. The Bertz CT molecular complexity index is 638. The number of hydrogen-bond acceptors (Lipinski definition) is 2. The molecule has 0 spiro atoms. The van der Waals surface area contributed by atoms with Gasteiger partial charge in [-0.25, -0.2) is 4.39 Å². The van der Waals surface area contributed by atoms with Crippen LogP contribution in [-0.4, -0.2) is 16.8 Å². The van der Waals surface area contributed by atoms with Crippen molar-refractivity contribution in [1.82, 2.24) is 15.1 Å². The minimum atomic E-state index is -0.208. The second-order valence-electron chi connectivity index (χ2n) is 6.56. The van der Waals surface area contributed by atoms with E-state index < -0.39 is 0 Å². The van der Waals surface area contributed by atoms with Gasteiger partial charge in [-0.3, -0.25) is 4.68 Å². The van der Waals surface area contributed by atoms with Crippen molar-refractivity contribution in [1.29, 1.82) is 0 Å². The van der Waals surface area contributed by atoms with Gasteiger partial charge in [-0.2, -0.15) is 5.10 Å². The first-order valence-electron chi connectivity index (χ1n) is 7.25. The van der Waals surface area contributed by atoms with Crippen LogP contribution in [0.5, 0.6) is 0 Å². The van der Waals surface area contributed by atoms with Crippen LogP contribution in [0.1, 0.15) is 45.0 Å². The maximum absolute atomic E-state index is 14.3. The summed E-state index contributed by atoms with van der Waals surface area (Å²) in [5, 5.41) is 7.71. The summed E-state index contributed by atoms with van der Waals surface area (Å²) in [6.45, 7) is 8.34. The van der Waals surface area contributed by atoms with E-state index in [1.54, 1.807) is 4.68 Å². The summed E-state index contributed by atoms with van der Waals surface area (Å²) in [6.07, 6.45) is 1.90. The first-order valence-corrected chi connectivity index (χ1v) is 7.25. The minimum Gasteiger partial charge on any atom is -0.313 e. The molecule has 0 aliphatic carbocycles. The van der Waals surface area contributed by atoms with Crippen LogP contribution in [0.15, 0.2) is 24.4 Å². The molecule has 1 aromatic carbocycles. The number of benzene rings is 1. The summed E-state index contributed by atoms with van der Waals surface area (Å²) in [4.78, 5) is 0. The molecule has 2 rings (SSSR count). The second-order valence-corrected chi connectivity index (χ2v) is 6.56. The van der Waals surface area contributed by atoms with Crippen LogP contribution < -0.4 is 5.32 Å². The zero-order valence-electron chi connectivity index (χ0n) is 13.7. The smallest absolute Gasteiger partial charge is 0.131 e. The van der Waals surface area contributed by atoms with E-state index >= 15 is 0 Å². The first kappa shape index (κ1) is 15.7. The molecule has 0 amide bonds. The zero-order valence-corrected chi connectivity index (χ0v) is 13.7. The molecule has 1 heterocycles. The fraction of sp³-hybridized carbons (Fsp3) is 0.471. The molecule has 0 bridgehead atoms. The van der Waals surface area contributed by atoms with Crippen molar-refractivity contribution < 1.29 is 4.39 Å². The highest BCUT2D eigenvalue weighted by Gasteiger charge is 2.24. The average Bonchev–Trinajstić information content (AvgIpc) is 2.80. The number of rotatable bonds is 3. The van der Waals surface area contributed by atoms with Gasteiger partial charge in [-0.1, -0.05) is 26.8 Å². The van der Waals surface area contributed by atoms with Crippen molar-refractivity contribution in [2.45, 2.75) is 39.2 Å². The third-order valence-corrected chi connectivity index (χ3v) is 3.75. The van der Waals surface area contributed by atoms with Crippen molar-refractivity contribution in [3.8, 4) is 11.1 Å². The Labute approximate surface area is 126 Å². The molecular weight excluding hydrogens is 265 g/mol. The Balaban J connectivity index is 2.62. The molecule has 1 N–H and O–H groups in total. The fourth-order valence-electron chi connectivity index (χ4n) is 2.42. The summed E-state index contributed by atoms with van der Waals surface area (Å²) >= 11 is 0. The minimum absolute atomic E-state index is 0.131. The summed E-state index contributed by atoms with van der Waals surface area (Å²) in [5.74, 6) is -0.208. The van der Waals surface area contributed by atoms with Crippen LogP contribution in [0.4, 0.5) is 4.39 Å². The van der Waals surface area contributed by atoms with Gasteiger partial charge in [0.2, 0.25) is 0 Å². The van der Waals surface area contributed by atoms with E-state index in [0.717, 1.165) is 16.8 Å². The zero-order chi connectivity index (χ0) is 15.8. The number of aromatic nitrogens is 2. The summed E-state index contributed by atoms with van der Waals surface area (Å²) in [5.41, 5.74) is 3.34. The monoisotopic (exact) mass is 289 g/mol. The van der Waals surface area contributed by atoms with Crippen molar-refractivity contribution in [3.05, 3.63) is 41.5 Å². The second kappa shape index (κ2) is 5.60. The quantitative estimate of drug-likeness (QED) is 0.931. The summed E-state index contributed by atoms with van der Waals surface area (Å²) in [7, 11) is 3.77. The molecule has 0 saturated carbocycles. The van der Waals surface area contributed by atoms with E-state index in [4.69, 9.17) is 0 Å². The Morgan fingerprint density at radius 2 is 1.90 bits per heavy atom. The number of hydrogen-bond donors (Lipinski definition) is 1. The van der Waals surface area contributed by atoms with E-state index in [2.05, 4.69) is 38.1 Å². The van der Waals surface area contributed by atoms with Gasteiger partial charge in [-0.05, 0) is 31.7 Å². The number of aryl methyl sites for hydroxylation is 1. The Morgan fingerprint density at radius 3 is 2.48 bits per heavy atom. The van der Waals surface area contributed by atoms with E-state index in [0.29, 0.717) is 5.56 Å². The van der Waals surface area contributed by atoms with Gasteiger partial charge >= 0.3 is 0 Å². The standard InChI is InChI=1S/C17H24FN3/c1-11(19-5)12-7-8-15(18)13(9-12)14-10-21(6)20-16(14)17(2,3)4/h7-11,19H,1-6H3. The molecule has 0 aliphatic heterocycles. The van der Waals surface area contributed by atoms with Crippen molar-refractivity contribution in [2.75, 3.05) is 7.05 Å². The lowest BCUT2D eigenvalue weighted by Crippen LogP contribution is -2.14. The highest BCUT2D eigenvalue weighted by Crippen LogP contribution is 2.34. The van der Waals surface area contributed by atoms with Crippen LogP contribution in [0.3, 0.4) is 0 Å². The lowest BCUT2D eigenvalue weighted by Gasteiger charge is -2.18. The molecule has 114 valence electrons. The molecule has 3 nitrogen and oxygen atoms in total. The Hall–Kier alpha value is -1.68. The molecular formula is C17H24FN3. The SMILES string of the molecule is CNC(C)c1ccc(F)c(-c2cn(C)nc2C(C)(C)C)c1. The molecule has 2 aromatic rings. The molecule has 1 aromatic heterocycles. The summed E-state index contributed by atoms with van der Waals surface area (Å²) in [6, 6.07) is 5.47. The van der Waals surface area contributed by atoms with Gasteiger partial charge in [0.05, 0.1) is 5.69 Å². The van der Waals surface area contributed by atoms with E-state index in [1.807, 2.05) is 32.4 Å². The number of nitrogens with zero attached hydrogens (tertiary/aromatic N) is 2. The molecule has 0 radical (unpaired) electrons. The lowest BCUT2D eigenvalue weighted by atomic mass is 9.87. The topological polar surface area (TPSA) is 29.9 Å². The van der Waals surface area contributed by atoms with Gasteiger partial charge in [-0.15, -0.1) is 0 Å². The van der Waals surface area contributed by atoms with E-state index in [9.17, 15) is 4.39 Å². The van der Waals surface area contributed by atoms with Crippen LogP contribution in [0, 0.1) is 5.82 Å². The van der Waals surface area contributed by atoms with E-state index in [1.165, 1.54) is 6.07 Å². The van der Waals surface area contributed by atoms with Crippen molar-refractivity contribution in [3.63, 3.8) is 0 Å². The first-order chi connectivity index (χ1) is 9.74. The highest BCUT2D eigenvalue weighted by molar-refractivity contribution is 5.68. The maximum atomic E-state index is 14.3. The van der Waals surface area contributed by atoms with Gasteiger partial charge < -0.3 is 5.32 Å². The van der Waals surface area contributed by atoms with Gasteiger partial charge in [0.15, 0.2) is 0 Å². The predicted molar refractivity (Wildman–Crippen MR) is 84.8 cm³/mol. The molecule has 0 aliphatic rings. The third kappa shape index (κ3) is 3.16. The van der Waals surface area contributed by atoms with Gasteiger partial charge in [0.1, 0.15) is 5.82 Å². The third-order valence-electron chi connectivity index (χ3n) is 3.75. The molecule has 1 atom stereocenters. The molecule has 4 heteroatoms. The van der Waals surface area contributed by atoms with Crippen LogP contribution in [-0.2, 0) is 12.5 Å². The highest BCUT2D eigenvalue weighted by atomic mass is 19.1. The van der Waals surface area contributed by atoms with Gasteiger partial charge in [0, 0.05) is 35.8 Å². The van der Waals surface area contributed by atoms with Crippen LogP contribution in [0.25, 0.3) is 11.1 Å². The Morgan fingerprint density at radius 1 is 1.24 bits per heavy atom. The van der Waals surface area contributed by atoms with Crippen molar-refractivity contribution >= 4 is 0 Å². The number of nitrogens with one attached hydrogen (secondary N) is 1. The van der Waals surface area contributed by atoms with Crippen molar-refractivity contribution in [2.24, 2.45) is 7.05 Å². The summed E-state index contributed by atoms with van der Waals surface area (Å²) < 4.78 is 16.1.